The molecule has 1 unspecified atom stereocenters. The van der Waals surface area contributed by atoms with Gasteiger partial charge in [0.1, 0.15) is 10.2 Å². The summed E-state index contributed by atoms with van der Waals surface area (Å²) in [6.07, 6.45) is 1.25. The van der Waals surface area contributed by atoms with Gasteiger partial charge >= 0.3 is 6.09 Å². The fraction of sp³-hybridized carbons (Fsp3) is 0.500. The molecule has 1 aromatic heterocycles. The number of hydrogen-bond donors (Lipinski definition) is 1. The summed E-state index contributed by atoms with van der Waals surface area (Å²) in [6.45, 7) is 7.35. The van der Waals surface area contributed by atoms with E-state index in [-0.39, 0.29) is 6.04 Å². The average Bonchev–Trinajstić information content (AvgIpc) is 2.18. The predicted octanol–water partition coefficient (Wildman–Crippen LogP) is 4.19. The number of nitrogens with zero attached hydrogens (tertiary/aromatic N) is 1. The third-order valence-corrected chi connectivity index (χ3v) is 3.13. The quantitative estimate of drug-likeness (QED) is 0.783. The Morgan fingerprint density at radius 1 is 1.44 bits per heavy atom. The zero-order valence-electron chi connectivity index (χ0n) is 10.8. The highest BCUT2D eigenvalue weighted by Crippen LogP contribution is 2.24. The molecular weight excluding hydrogens is 364 g/mol. The summed E-state index contributed by atoms with van der Waals surface area (Å²) in [6, 6.07) is 1.71. The number of pyridine rings is 1. The lowest BCUT2D eigenvalue weighted by molar-refractivity contribution is 0.0507. The fourth-order valence-electron chi connectivity index (χ4n) is 1.30. The molecule has 0 saturated carbocycles. The summed E-state index contributed by atoms with van der Waals surface area (Å²) in [7, 11) is 0. The molecule has 0 aromatic carbocycles. The number of carbonyl (C=O) groups excluding carboxylic acids is 1. The number of amides is 1. The van der Waals surface area contributed by atoms with Gasteiger partial charge in [-0.1, -0.05) is 0 Å². The van der Waals surface area contributed by atoms with Gasteiger partial charge in [-0.2, -0.15) is 0 Å². The summed E-state index contributed by atoms with van der Waals surface area (Å²) in [5.74, 6) is 0. The third-order valence-electron chi connectivity index (χ3n) is 2.03. The molecular formula is C12H16Br2N2O2. The summed E-state index contributed by atoms with van der Waals surface area (Å²) >= 11 is 6.71. The van der Waals surface area contributed by atoms with Crippen molar-refractivity contribution in [3.63, 3.8) is 0 Å². The second-order valence-electron chi connectivity index (χ2n) is 4.90. The topological polar surface area (TPSA) is 51.2 Å². The smallest absolute Gasteiger partial charge is 0.408 e. The number of hydrogen-bond acceptors (Lipinski definition) is 3. The van der Waals surface area contributed by atoms with Crippen LogP contribution in [0.15, 0.2) is 21.3 Å². The normalized spacial score (nSPS) is 13.0. The molecule has 1 heterocycles. The number of rotatable bonds is 2. The van der Waals surface area contributed by atoms with Crippen LogP contribution in [0.25, 0.3) is 0 Å². The average molecular weight is 380 g/mol. The van der Waals surface area contributed by atoms with E-state index in [0.29, 0.717) is 4.60 Å². The Balaban J connectivity index is 2.73. The Kier molecular flexibility index (Phi) is 5.16. The van der Waals surface area contributed by atoms with Crippen molar-refractivity contribution in [2.45, 2.75) is 39.3 Å². The van der Waals surface area contributed by atoms with E-state index in [1.165, 1.54) is 0 Å². The van der Waals surface area contributed by atoms with Crippen LogP contribution in [0, 0.1) is 0 Å². The molecule has 6 heteroatoms. The second-order valence-corrected chi connectivity index (χ2v) is 6.57. The first-order valence-electron chi connectivity index (χ1n) is 5.49. The molecule has 0 spiro atoms. The Labute approximate surface area is 124 Å². The number of alkyl carbamates (subject to hydrolysis) is 1. The molecule has 1 rings (SSSR count). The zero-order chi connectivity index (χ0) is 13.9. The van der Waals surface area contributed by atoms with Crippen molar-refractivity contribution in [2.24, 2.45) is 0 Å². The fourth-order valence-corrected chi connectivity index (χ4v) is 2.21. The Morgan fingerprint density at radius 3 is 2.61 bits per heavy atom. The van der Waals surface area contributed by atoms with Crippen molar-refractivity contribution in [1.82, 2.24) is 10.3 Å². The lowest BCUT2D eigenvalue weighted by Gasteiger charge is -2.22. The maximum Gasteiger partial charge on any atom is 0.408 e. The van der Waals surface area contributed by atoms with E-state index >= 15 is 0 Å². The number of carbonyl (C=O) groups is 1. The van der Waals surface area contributed by atoms with Gasteiger partial charge < -0.3 is 10.1 Å². The molecule has 100 valence electrons. The number of nitrogens with one attached hydrogen (secondary N) is 1. The van der Waals surface area contributed by atoms with Crippen LogP contribution in [0.2, 0.25) is 0 Å². The zero-order valence-corrected chi connectivity index (χ0v) is 13.9. The minimum atomic E-state index is -0.503. The van der Waals surface area contributed by atoms with Crippen LogP contribution >= 0.6 is 31.9 Å². The van der Waals surface area contributed by atoms with Gasteiger partial charge in [0, 0.05) is 16.2 Å². The van der Waals surface area contributed by atoms with E-state index in [2.05, 4.69) is 42.2 Å². The molecule has 0 aliphatic rings. The van der Waals surface area contributed by atoms with Gasteiger partial charge in [0.15, 0.2) is 0 Å². The van der Waals surface area contributed by atoms with Crippen LogP contribution in [0.1, 0.15) is 39.3 Å². The molecule has 0 fully saturated rings. The minimum absolute atomic E-state index is 0.195. The second kappa shape index (κ2) is 6.02. The van der Waals surface area contributed by atoms with Crippen LogP contribution in [-0.2, 0) is 4.74 Å². The molecule has 0 saturated heterocycles. The first kappa shape index (κ1) is 15.4. The molecule has 18 heavy (non-hydrogen) atoms. The van der Waals surface area contributed by atoms with Crippen LogP contribution in [0.5, 0.6) is 0 Å². The van der Waals surface area contributed by atoms with Crippen LogP contribution in [0.3, 0.4) is 0 Å². The Hall–Kier alpha value is -0.620. The van der Waals surface area contributed by atoms with Gasteiger partial charge in [0.05, 0.1) is 6.04 Å². The predicted molar refractivity (Wildman–Crippen MR) is 77.4 cm³/mol. The molecule has 1 atom stereocenters. The van der Waals surface area contributed by atoms with E-state index in [1.807, 2.05) is 33.8 Å². The monoisotopic (exact) mass is 378 g/mol. The molecule has 0 bridgehead atoms. The highest BCUT2D eigenvalue weighted by molar-refractivity contribution is 9.11. The van der Waals surface area contributed by atoms with E-state index < -0.39 is 11.7 Å². The van der Waals surface area contributed by atoms with Crippen LogP contribution in [-0.4, -0.2) is 16.7 Å². The van der Waals surface area contributed by atoms with E-state index in [4.69, 9.17) is 4.74 Å². The summed E-state index contributed by atoms with van der Waals surface area (Å²) in [5.41, 5.74) is 0.381. The molecule has 1 aromatic rings. The summed E-state index contributed by atoms with van der Waals surface area (Å²) in [4.78, 5) is 15.8. The first-order valence-corrected chi connectivity index (χ1v) is 7.08. The molecule has 0 aliphatic carbocycles. The summed E-state index contributed by atoms with van der Waals surface area (Å²) < 4.78 is 6.77. The van der Waals surface area contributed by atoms with Gasteiger partial charge in [-0.3, -0.25) is 0 Å². The minimum Gasteiger partial charge on any atom is -0.444 e. The lowest BCUT2D eigenvalue weighted by atomic mass is 10.1. The lowest BCUT2D eigenvalue weighted by Crippen LogP contribution is -2.34. The van der Waals surface area contributed by atoms with Gasteiger partial charge in [-0.05, 0) is 65.6 Å². The van der Waals surface area contributed by atoms with Crippen molar-refractivity contribution < 1.29 is 9.53 Å². The highest BCUT2D eigenvalue weighted by atomic mass is 79.9. The number of ether oxygens (including phenoxy) is 1. The molecule has 1 amide bonds. The molecule has 0 radical (unpaired) electrons. The van der Waals surface area contributed by atoms with Crippen molar-refractivity contribution >= 4 is 38.0 Å². The maximum atomic E-state index is 11.7. The Bertz CT molecular complexity index is 444. The maximum absolute atomic E-state index is 11.7. The van der Waals surface area contributed by atoms with Crippen LogP contribution in [0.4, 0.5) is 4.79 Å². The van der Waals surface area contributed by atoms with Gasteiger partial charge in [0.2, 0.25) is 0 Å². The van der Waals surface area contributed by atoms with Crippen molar-refractivity contribution in [2.75, 3.05) is 0 Å². The van der Waals surface area contributed by atoms with Gasteiger partial charge in [0.25, 0.3) is 0 Å². The van der Waals surface area contributed by atoms with Crippen molar-refractivity contribution in [3.8, 4) is 0 Å². The third kappa shape index (κ3) is 4.94. The van der Waals surface area contributed by atoms with Crippen molar-refractivity contribution in [3.05, 3.63) is 26.9 Å². The molecule has 4 nitrogen and oxygen atoms in total. The van der Waals surface area contributed by atoms with Crippen molar-refractivity contribution in [1.29, 1.82) is 0 Å². The first-order chi connectivity index (χ1) is 8.19. The largest absolute Gasteiger partial charge is 0.444 e. The number of aromatic nitrogens is 1. The van der Waals surface area contributed by atoms with E-state index in [1.54, 1.807) is 6.20 Å². The van der Waals surface area contributed by atoms with Crippen LogP contribution < -0.4 is 5.32 Å². The van der Waals surface area contributed by atoms with Gasteiger partial charge in [-0.15, -0.1) is 0 Å². The molecule has 0 aliphatic heterocycles. The van der Waals surface area contributed by atoms with Gasteiger partial charge in [-0.25, -0.2) is 9.78 Å². The highest BCUT2D eigenvalue weighted by Gasteiger charge is 2.19. The standard InChI is InChI=1S/C12H16Br2N2O2/c1-7(16-11(17)18-12(2,3)4)9-5-8(13)6-15-10(9)14/h5-7H,1-4H3,(H,16,17). The molecule has 1 N–H and O–H groups in total. The van der Waals surface area contributed by atoms with E-state index in [9.17, 15) is 4.79 Å². The van der Waals surface area contributed by atoms with E-state index in [0.717, 1.165) is 10.0 Å². The Morgan fingerprint density at radius 2 is 2.06 bits per heavy atom. The summed E-state index contributed by atoms with van der Waals surface area (Å²) in [5, 5.41) is 2.77. The number of halogens is 2. The SMILES string of the molecule is CC(NC(=O)OC(C)(C)C)c1cc(Br)cnc1Br.